The van der Waals surface area contributed by atoms with Crippen LogP contribution in [0.15, 0.2) is 10.6 Å². The van der Waals surface area contributed by atoms with Crippen molar-refractivity contribution in [3.05, 3.63) is 17.5 Å². The van der Waals surface area contributed by atoms with Crippen LogP contribution in [0.25, 0.3) is 0 Å². The fourth-order valence-electron chi connectivity index (χ4n) is 2.95. The summed E-state index contributed by atoms with van der Waals surface area (Å²) >= 11 is 0. The minimum atomic E-state index is 0.502. The molecular weight excluding hydrogens is 218 g/mol. The summed E-state index contributed by atoms with van der Waals surface area (Å²) in [5.41, 5.74) is 1.02. The summed E-state index contributed by atoms with van der Waals surface area (Å²) < 4.78 is 10.2. The van der Waals surface area contributed by atoms with E-state index in [0.717, 1.165) is 29.8 Å². The number of nitrogens with one attached hydrogen (secondary N) is 1. The quantitative estimate of drug-likeness (QED) is 0.825. The third kappa shape index (κ3) is 2.36. The Kier molecular flexibility index (Phi) is 3.13. The van der Waals surface area contributed by atoms with Gasteiger partial charge in [-0.15, -0.1) is 0 Å². The zero-order valence-electron chi connectivity index (χ0n) is 10.2. The fraction of sp³-hybridized carbons (Fsp3) is 0.750. The van der Waals surface area contributed by atoms with Gasteiger partial charge in [0.2, 0.25) is 0 Å². The Bertz CT molecular complexity index is 368. The van der Waals surface area contributed by atoms with Crippen LogP contribution in [-0.4, -0.2) is 43.3 Å². The second kappa shape index (κ2) is 4.76. The molecule has 2 atom stereocenters. The molecule has 0 unspecified atom stereocenters. The average Bonchev–Trinajstić information content (AvgIpc) is 2.95. The molecule has 3 rings (SSSR count). The summed E-state index contributed by atoms with van der Waals surface area (Å²) in [6.45, 7) is 6.13. The van der Waals surface area contributed by atoms with Gasteiger partial charge in [-0.1, -0.05) is 5.16 Å². The van der Waals surface area contributed by atoms with Gasteiger partial charge in [-0.25, -0.2) is 0 Å². The Labute approximate surface area is 101 Å². The first-order valence-electron chi connectivity index (χ1n) is 6.21. The molecule has 5 nitrogen and oxygen atoms in total. The van der Waals surface area contributed by atoms with Crippen molar-refractivity contribution in [2.24, 2.45) is 11.8 Å². The lowest BCUT2D eigenvalue weighted by Gasteiger charge is -2.14. The van der Waals surface area contributed by atoms with Crippen molar-refractivity contribution in [2.75, 3.05) is 33.3 Å². The standard InChI is InChI=1S/C12H19N3O2/c1-16-8-12-2-11(14-17-12)7-15-5-9-3-13-4-10(9)6-15/h2,9-10,13H,3-8H2,1H3/t9-,10+. The van der Waals surface area contributed by atoms with Crippen molar-refractivity contribution < 1.29 is 9.26 Å². The number of likely N-dealkylation sites (tertiary alicyclic amines) is 1. The van der Waals surface area contributed by atoms with Gasteiger partial charge < -0.3 is 14.6 Å². The summed E-state index contributed by atoms with van der Waals surface area (Å²) in [5.74, 6) is 2.48. The second-order valence-electron chi connectivity index (χ2n) is 5.09. The molecule has 0 amide bonds. The van der Waals surface area contributed by atoms with E-state index in [1.165, 1.54) is 26.2 Å². The molecule has 1 aromatic heterocycles. The topological polar surface area (TPSA) is 50.5 Å². The van der Waals surface area contributed by atoms with Gasteiger partial charge in [0, 0.05) is 32.8 Å². The van der Waals surface area contributed by atoms with Gasteiger partial charge in [0.15, 0.2) is 5.76 Å². The number of nitrogens with zero attached hydrogens (tertiary/aromatic N) is 2. The van der Waals surface area contributed by atoms with E-state index in [1.54, 1.807) is 7.11 Å². The Morgan fingerprint density at radius 1 is 1.47 bits per heavy atom. The van der Waals surface area contributed by atoms with Crippen LogP contribution in [0.2, 0.25) is 0 Å². The van der Waals surface area contributed by atoms with Crippen LogP contribution < -0.4 is 5.32 Å². The normalized spacial score (nSPS) is 28.8. The smallest absolute Gasteiger partial charge is 0.162 e. The maximum Gasteiger partial charge on any atom is 0.162 e. The molecule has 2 aliphatic heterocycles. The average molecular weight is 237 g/mol. The van der Waals surface area contributed by atoms with Crippen LogP contribution in [0.5, 0.6) is 0 Å². The summed E-state index contributed by atoms with van der Waals surface area (Å²) in [5, 5.41) is 7.53. The SMILES string of the molecule is COCc1cc(CN2C[C@H]3CNC[C@H]3C2)no1. The maximum absolute atomic E-state index is 5.20. The van der Waals surface area contributed by atoms with E-state index in [1.807, 2.05) is 6.07 Å². The summed E-state index contributed by atoms with van der Waals surface area (Å²) in [4.78, 5) is 2.48. The number of ether oxygens (including phenoxy) is 1. The third-order valence-electron chi connectivity index (χ3n) is 3.75. The lowest BCUT2D eigenvalue weighted by Crippen LogP contribution is -2.25. The van der Waals surface area contributed by atoms with Crippen molar-refractivity contribution in [1.82, 2.24) is 15.4 Å². The van der Waals surface area contributed by atoms with E-state index < -0.39 is 0 Å². The molecule has 17 heavy (non-hydrogen) atoms. The lowest BCUT2D eigenvalue weighted by molar-refractivity contribution is 0.155. The second-order valence-corrected chi connectivity index (χ2v) is 5.09. The van der Waals surface area contributed by atoms with Gasteiger partial charge in [-0.2, -0.15) is 0 Å². The third-order valence-corrected chi connectivity index (χ3v) is 3.75. The van der Waals surface area contributed by atoms with Crippen LogP contribution >= 0.6 is 0 Å². The van der Waals surface area contributed by atoms with Gasteiger partial charge in [0.1, 0.15) is 6.61 Å². The van der Waals surface area contributed by atoms with Crippen molar-refractivity contribution >= 4 is 0 Å². The molecule has 94 valence electrons. The van der Waals surface area contributed by atoms with Crippen molar-refractivity contribution in [3.63, 3.8) is 0 Å². The predicted octanol–water partition coefficient (Wildman–Crippen LogP) is 0.472. The minimum absolute atomic E-state index is 0.502. The van der Waals surface area contributed by atoms with Gasteiger partial charge >= 0.3 is 0 Å². The van der Waals surface area contributed by atoms with Gasteiger partial charge in [0.25, 0.3) is 0 Å². The van der Waals surface area contributed by atoms with Crippen molar-refractivity contribution in [1.29, 1.82) is 0 Å². The van der Waals surface area contributed by atoms with Crippen LogP contribution in [0.3, 0.4) is 0 Å². The van der Waals surface area contributed by atoms with Gasteiger partial charge in [-0.05, 0) is 24.9 Å². The van der Waals surface area contributed by atoms with Crippen LogP contribution in [-0.2, 0) is 17.9 Å². The molecule has 0 aliphatic carbocycles. The Hall–Kier alpha value is -0.910. The molecule has 0 spiro atoms. The maximum atomic E-state index is 5.20. The Balaban J connectivity index is 1.56. The molecule has 1 aromatic rings. The largest absolute Gasteiger partial charge is 0.377 e. The number of rotatable bonds is 4. The molecule has 1 N–H and O–H groups in total. The molecule has 0 radical (unpaired) electrons. The first-order valence-corrected chi connectivity index (χ1v) is 6.21. The van der Waals surface area contributed by atoms with E-state index in [0.29, 0.717) is 6.61 Å². The highest BCUT2D eigenvalue weighted by molar-refractivity contribution is 5.05. The summed E-state index contributed by atoms with van der Waals surface area (Å²) in [6.07, 6.45) is 0. The van der Waals surface area contributed by atoms with Crippen LogP contribution in [0.4, 0.5) is 0 Å². The van der Waals surface area contributed by atoms with E-state index in [2.05, 4.69) is 15.4 Å². The first-order chi connectivity index (χ1) is 8.35. The van der Waals surface area contributed by atoms with Crippen LogP contribution in [0.1, 0.15) is 11.5 Å². The summed E-state index contributed by atoms with van der Waals surface area (Å²) in [7, 11) is 1.66. The number of methoxy groups -OCH3 is 1. The van der Waals surface area contributed by atoms with Gasteiger partial charge in [0.05, 0.1) is 5.69 Å². The molecular formula is C12H19N3O2. The molecule has 2 fully saturated rings. The fourth-order valence-corrected chi connectivity index (χ4v) is 2.95. The number of aromatic nitrogens is 1. The van der Waals surface area contributed by atoms with E-state index >= 15 is 0 Å². The highest BCUT2D eigenvalue weighted by atomic mass is 16.5. The van der Waals surface area contributed by atoms with Gasteiger partial charge in [-0.3, -0.25) is 4.90 Å². The zero-order chi connectivity index (χ0) is 11.7. The van der Waals surface area contributed by atoms with E-state index in [9.17, 15) is 0 Å². The minimum Gasteiger partial charge on any atom is -0.377 e. The molecule has 2 aliphatic rings. The number of fused-ring (bicyclic) bond motifs is 1. The predicted molar refractivity (Wildman–Crippen MR) is 62.3 cm³/mol. The van der Waals surface area contributed by atoms with Crippen molar-refractivity contribution in [2.45, 2.75) is 13.2 Å². The molecule has 0 saturated carbocycles. The highest BCUT2D eigenvalue weighted by Crippen LogP contribution is 2.27. The monoisotopic (exact) mass is 237 g/mol. The zero-order valence-corrected chi connectivity index (χ0v) is 10.2. The highest BCUT2D eigenvalue weighted by Gasteiger charge is 2.36. The van der Waals surface area contributed by atoms with Crippen molar-refractivity contribution in [3.8, 4) is 0 Å². The number of hydrogen-bond donors (Lipinski definition) is 1. The van der Waals surface area contributed by atoms with Crippen LogP contribution in [0, 0.1) is 11.8 Å². The Morgan fingerprint density at radius 2 is 2.24 bits per heavy atom. The number of hydrogen-bond acceptors (Lipinski definition) is 5. The molecule has 0 bridgehead atoms. The molecule has 0 aromatic carbocycles. The lowest BCUT2D eigenvalue weighted by atomic mass is 10.0. The molecule has 5 heteroatoms. The Morgan fingerprint density at radius 3 is 2.94 bits per heavy atom. The van der Waals surface area contributed by atoms with E-state index in [4.69, 9.17) is 9.26 Å². The molecule has 2 saturated heterocycles. The van der Waals surface area contributed by atoms with E-state index in [-0.39, 0.29) is 0 Å². The summed E-state index contributed by atoms with van der Waals surface area (Å²) in [6, 6.07) is 2.00. The molecule has 3 heterocycles. The first kappa shape index (κ1) is 11.2.